The molecule has 1 aromatic carbocycles. The summed E-state index contributed by atoms with van der Waals surface area (Å²) in [5.74, 6) is 0.0237. The van der Waals surface area contributed by atoms with Crippen LogP contribution in [-0.4, -0.2) is 45.1 Å². The molecular formula is C22H25N5O2S. The molecule has 4 aromatic rings. The third kappa shape index (κ3) is 4.15. The molecule has 0 aliphatic carbocycles. The van der Waals surface area contributed by atoms with E-state index < -0.39 is 9.84 Å². The molecule has 0 spiro atoms. The predicted octanol–water partition coefficient (Wildman–Crippen LogP) is 3.00. The fourth-order valence-electron chi connectivity index (χ4n) is 3.54. The highest BCUT2D eigenvalue weighted by Crippen LogP contribution is 2.18. The van der Waals surface area contributed by atoms with E-state index in [9.17, 15) is 8.42 Å². The number of rotatable bonds is 8. The first-order valence-electron chi connectivity index (χ1n) is 9.88. The van der Waals surface area contributed by atoms with Crippen molar-refractivity contribution in [3.8, 4) is 0 Å². The second kappa shape index (κ2) is 8.41. The van der Waals surface area contributed by atoms with Gasteiger partial charge in [-0.25, -0.2) is 18.4 Å². The first-order valence-corrected chi connectivity index (χ1v) is 11.5. The molecule has 0 radical (unpaired) electrons. The summed E-state index contributed by atoms with van der Waals surface area (Å²) in [6.07, 6.45) is 5.55. The quantitative estimate of drug-likeness (QED) is 0.436. The van der Waals surface area contributed by atoms with Gasteiger partial charge in [-0.05, 0) is 24.7 Å². The van der Waals surface area contributed by atoms with Crippen molar-refractivity contribution in [2.24, 2.45) is 0 Å². The van der Waals surface area contributed by atoms with Crippen LogP contribution in [0.1, 0.15) is 23.9 Å². The summed E-state index contributed by atoms with van der Waals surface area (Å²) in [5, 5.41) is 0.132. The number of sulfone groups is 1. The summed E-state index contributed by atoms with van der Waals surface area (Å²) in [4.78, 5) is 10.9. The lowest BCUT2D eigenvalue weighted by Crippen LogP contribution is -2.22. The van der Waals surface area contributed by atoms with Crippen molar-refractivity contribution in [2.75, 3.05) is 12.8 Å². The molecule has 0 unspecified atom stereocenters. The van der Waals surface area contributed by atoms with E-state index in [4.69, 9.17) is 0 Å². The van der Waals surface area contributed by atoms with Crippen molar-refractivity contribution in [1.29, 1.82) is 0 Å². The van der Waals surface area contributed by atoms with Crippen LogP contribution in [-0.2, 0) is 29.5 Å². The molecule has 0 aliphatic rings. The minimum absolute atomic E-state index is 0.0237. The van der Waals surface area contributed by atoms with E-state index in [0.29, 0.717) is 19.6 Å². The topological polar surface area (TPSA) is 72.5 Å². The van der Waals surface area contributed by atoms with Crippen LogP contribution in [0.25, 0.3) is 5.65 Å². The van der Waals surface area contributed by atoms with Crippen molar-refractivity contribution in [3.05, 3.63) is 84.1 Å². The maximum atomic E-state index is 12.6. The summed E-state index contributed by atoms with van der Waals surface area (Å²) in [6, 6.07) is 15.8. The normalized spacial score (nSPS) is 12.1. The lowest BCUT2D eigenvalue weighted by Gasteiger charge is -2.18. The van der Waals surface area contributed by atoms with Gasteiger partial charge < -0.3 is 8.97 Å². The predicted molar refractivity (Wildman–Crippen MR) is 116 cm³/mol. The second-order valence-corrected chi connectivity index (χ2v) is 9.53. The number of pyridine rings is 1. The van der Waals surface area contributed by atoms with Gasteiger partial charge in [0.25, 0.3) is 0 Å². The molecule has 0 amide bonds. The minimum Gasteiger partial charge on any atom is -0.313 e. The number of benzene rings is 1. The zero-order valence-corrected chi connectivity index (χ0v) is 18.0. The molecule has 4 rings (SSSR count). The first kappa shape index (κ1) is 20.3. The molecule has 156 valence electrons. The smallest absolute Gasteiger partial charge is 0.228 e. The number of aromatic nitrogens is 4. The fraction of sp³-hybridized carbons (Fsp3) is 0.273. The Morgan fingerprint density at radius 3 is 2.40 bits per heavy atom. The van der Waals surface area contributed by atoms with Crippen molar-refractivity contribution < 1.29 is 8.42 Å². The molecule has 0 saturated carbocycles. The summed E-state index contributed by atoms with van der Waals surface area (Å²) in [6.45, 7) is 3.36. The molecule has 0 saturated heterocycles. The SMILES string of the molecule is CCS(=O)(=O)c1ncc(CN(C)Cc2cnc3ccccn23)n1Cc1ccccc1. The molecule has 30 heavy (non-hydrogen) atoms. The highest BCUT2D eigenvalue weighted by Gasteiger charge is 2.22. The van der Waals surface area contributed by atoms with E-state index in [1.807, 2.05) is 72.5 Å². The van der Waals surface area contributed by atoms with Crippen molar-refractivity contribution in [2.45, 2.75) is 31.7 Å². The Morgan fingerprint density at radius 2 is 1.63 bits per heavy atom. The average Bonchev–Trinajstić information content (AvgIpc) is 3.34. The minimum atomic E-state index is -3.42. The van der Waals surface area contributed by atoms with E-state index in [0.717, 1.165) is 22.6 Å². The van der Waals surface area contributed by atoms with Gasteiger partial charge in [-0.1, -0.05) is 43.3 Å². The molecule has 0 fully saturated rings. The number of hydrogen-bond acceptors (Lipinski definition) is 5. The van der Waals surface area contributed by atoms with Crippen LogP contribution in [0.15, 0.2) is 72.3 Å². The van der Waals surface area contributed by atoms with Gasteiger partial charge in [0, 0.05) is 19.3 Å². The van der Waals surface area contributed by atoms with Crippen LogP contribution in [0.4, 0.5) is 0 Å². The Morgan fingerprint density at radius 1 is 0.933 bits per heavy atom. The monoisotopic (exact) mass is 423 g/mol. The lowest BCUT2D eigenvalue weighted by atomic mass is 10.2. The van der Waals surface area contributed by atoms with Crippen LogP contribution < -0.4 is 0 Å². The van der Waals surface area contributed by atoms with E-state index in [-0.39, 0.29) is 10.9 Å². The molecule has 3 heterocycles. The van der Waals surface area contributed by atoms with Crippen LogP contribution in [0.3, 0.4) is 0 Å². The van der Waals surface area contributed by atoms with E-state index in [2.05, 4.69) is 19.3 Å². The summed E-state index contributed by atoms with van der Waals surface area (Å²) >= 11 is 0. The number of fused-ring (bicyclic) bond motifs is 1. The maximum absolute atomic E-state index is 12.6. The zero-order chi connectivity index (χ0) is 21.1. The van der Waals surface area contributed by atoms with E-state index in [1.165, 1.54) is 0 Å². The Labute approximate surface area is 176 Å². The Bertz CT molecular complexity index is 1250. The third-order valence-electron chi connectivity index (χ3n) is 5.10. The Kier molecular flexibility index (Phi) is 5.69. The first-order chi connectivity index (χ1) is 14.5. The fourth-order valence-corrected chi connectivity index (χ4v) is 4.53. The summed E-state index contributed by atoms with van der Waals surface area (Å²) in [5.41, 5.74) is 3.88. The van der Waals surface area contributed by atoms with Gasteiger partial charge in [0.05, 0.1) is 36.1 Å². The zero-order valence-electron chi connectivity index (χ0n) is 17.1. The van der Waals surface area contributed by atoms with Crippen LogP contribution >= 0.6 is 0 Å². The standard InChI is InChI=1S/C22H25N5O2S/c1-3-30(28,29)22-24-14-20(27(22)15-18-9-5-4-6-10-18)17-25(2)16-19-13-23-21-11-7-8-12-26(19)21/h4-14H,3,15-17H2,1-2H3. The summed E-state index contributed by atoms with van der Waals surface area (Å²) in [7, 11) is -1.41. The largest absolute Gasteiger partial charge is 0.313 e. The van der Waals surface area contributed by atoms with Crippen molar-refractivity contribution in [1.82, 2.24) is 23.8 Å². The molecule has 0 bridgehead atoms. The maximum Gasteiger partial charge on any atom is 0.228 e. The molecule has 0 atom stereocenters. The lowest BCUT2D eigenvalue weighted by molar-refractivity contribution is 0.304. The van der Waals surface area contributed by atoms with Gasteiger partial charge in [0.1, 0.15) is 5.65 Å². The van der Waals surface area contributed by atoms with Crippen molar-refractivity contribution >= 4 is 15.5 Å². The number of nitrogens with zero attached hydrogens (tertiary/aromatic N) is 5. The highest BCUT2D eigenvalue weighted by atomic mass is 32.2. The highest BCUT2D eigenvalue weighted by molar-refractivity contribution is 7.91. The molecule has 0 aliphatic heterocycles. The summed E-state index contributed by atoms with van der Waals surface area (Å²) < 4.78 is 29.1. The second-order valence-electron chi connectivity index (χ2n) is 7.36. The number of imidazole rings is 2. The Balaban J connectivity index is 1.61. The van der Waals surface area contributed by atoms with Gasteiger partial charge in [-0.15, -0.1) is 0 Å². The molecule has 3 aromatic heterocycles. The molecular weight excluding hydrogens is 398 g/mol. The molecule has 7 nitrogen and oxygen atoms in total. The van der Waals surface area contributed by atoms with Gasteiger partial charge in [-0.2, -0.15) is 0 Å². The average molecular weight is 424 g/mol. The van der Waals surface area contributed by atoms with Crippen LogP contribution in [0, 0.1) is 0 Å². The third-order valence-corrected chi connectivity index (χ3v) is 6.74. The molecule has 8 heteroatoms. The van der Waals surface area contributed by atoms with Gasteiger partial charge in [0.15, 0.2) is 0 Å². The van der Waals surface area contributed by atoms with Crippen molar-refractivity contribution in [3.63, 3.8) is 0 Å². The van der Waals surface area contributed by atoms with Crippen LogP contribution in [0.2, 0.25) is 0 Å². The van der Waals surface area contributed by atoms with Gasteiger partial charge in [0.2, 0.25) is 15.0 Å². The van der Waals surface area contributed by atoms with Gasteiger partial charge >= 0.3 is 0 Å². The Hall–Kier alpha value is -2.97. The van der Waals surface area contributed by atoms with Gasteiger partial charge in [-0.3, -0.25) is 4.90 Å². The van der Waals surface area contributed by atoms with Crippen LogP contribution in [0.5, 0.6) is 0 Å². The van der Waals surface area contributed by atoms with E-state index >= 15 is 0 Å². The molecule has 0 N–H and O–H groups in total. The van der Waals surface area contributed by atoms with E-state index in [1.54, 1.807) is 13.1 Å². The number of hydrogen-bond donors (Lipinski definition) is 0.